The molecule has 4 amide bonds. The molecule has 5 rings (SSSR count). The summed E-state index contributed by atoms with van der Waals surface area (Å²) in [4.78, 5) is 50.1. The molecule has 1 aromatic heterocycles. The number of nitrogens with one attached hydrogen (secondary N) is 4. The van der Waals surface area contributed by atoms with Crippen LogP contribution >= 0.6 is 23.2 Å². The predicted octanol–water partition coefficient (Wildman–Crippen LogP) is 7.40. The molecule has 11 nitrogen and oxygen atoms in total. The van der Waals surface area contributed by atoms with E-state index >= 15 is 0 Å². The Morgan fingerprint density at radius 3 is 1.14 bits per heavy atom. The third-order valence-corrected chi connectivity index (χ3v) is 7.54. The van der Waals surface area contributed by atoms with Gasteiger partial charge in [0.05, 0.1) is 11.4 Å². The van der Waals surface area contributed by atoms with E-state index in [2.05, 4.69) is 31.7 Å². The van der Waals surface area contributed by atoms with E-state index in [0.717, 1.165) is 0 Å². The van der Waals surface area contributed by atoms with Gasteiger partial charge in [-0.2, -0.15) is 10.2 Å². The highest BCUT2D eigenvalue weighted by Crippen LogP contribution is 2.16. The first-order chi connectivity index (χ1) is 23.5. The Labute approximate surface area is 291 Å². The van der Waals surface area contributed by atoms with Crippen molar-refractivity contribution in [3.05, 3.63) is 153 Å². The molecule has 4 N–H and O–H groups in total. The average Bonchev–Trinajstić information content (AvgIpc) is 3.61. The maximum atomic E-state index is 12.6. The Balaban J connectivity index is 1.11. The number of nitrogens with zero attached hydrogens (tertiary/aromatic N) is 2. The van der Waals surface area contributed by atoms with Crippen molar-refractivity contribution >= 4 is 69.6 Å². The molecule has 13 heteroatoms. The van der Waals surface area contributed by atoms with Crippen LogP contribution in [-0.4, -0.2) is 35.1 Å². The average molecular weight is 696 g/mol. The molecular weight excluding hydrogens is 667 g/mol. The number of rotatable bonds is 10. The van der Waals surface area contributed by atoms with Gasteiger partial charge >= 0.3 is 11.8 Å². The lowest BCUT2D eigenvalue weighted by atomic mass is 10.1. The first-order valence-electron chi connectivity index (χ1n) is 14.7. The molecule has 0 radical (unpaired) electrons. The number of hydrogen-bond donors (Lipinski definition) is 4. The van der Waals surface area contributed by atoms with E-state index < -0.39 is 11.8 Å². The molecule has 49 heavy (non-hydrogen) atoms. The minimum atomic E-state index is -0.659. The van der Waals surface area contributed by atoms with Gasteiger partial charge in [0.15, 0.2) is 11.5 Å². The van der Waals surface area contributed by atoms with Crippen molar-refractivity contribution in [2.75, 3.05) is 10.6 Å². The predicted molar refractivity (Wildman–Crippen MR) is 190 cm³/mol. The fourth-order valence-electron chi connectivity index (χ4n) is 4.29. The summed E-state index contributed by atoms with van der Waals surface area (Å²) in [6.07, 6.45) is 0. The van der Waals surface area contributed by atoms with Crippen molar-refractivity contribution in [1.82, 2.24) is 10.9 Å². The molecule has 4 aromatic carbocycles. The number of carbonyl (C=O) groups is 4. The number of anilines is 2. The molecule has 5 aromatic rings. The highest BCUT2D eigenvalue weighted by molar-refractivity contribution is 6.31. The first kappa shape index (κ1) is 34.3. The summed E-state index contributed by atoms with van der Waals surface area (Å²) in [7, 11) is 0. The molecule has 0 spiro atoms. The summed E-state index contributed by atoms with van der Waals surface area (Å²) < 4.78 is 5.42. The van der Waals surface area contributed by atoms with Gasteiger partial charge in [0.25, 0.3) is 11.8 Å². The van der Waals surface area contributed by atoms with Crippen LogP contribution in [0, 0.1) is 0 Å². The quantitative estimate of drug-likeness (QED) is 0.0886. The highest BCUT2D eigenvalue weighted by Gasteiger charge is 2.16. The number of amides is 4. The second kappa shape index (κ2) is 15.7. The lowest BCUT2D eigenvalue weighted by Crippen LogP contribution is -2.20. The number of carbonyl (C=O) groups excluding carboxylic acids is 4. The third-order valence-electron chi connectivity index (χ3n) is 7.04. The van der Waals surface area contributed by atoms with Crippen molar-refractivity contribution in [2.24, 2.45) is 10.2 Å². The van der Waals surface area contributed by atoms with Crippen LogP contribution in [0.25, 0.3) is 0 Å². The van der Waals surface area contributed by atoms with E-state index in [1.165, 1.54) is 12.1 Å². The largest absolute Gasteiger partial charge is 0.446 e. The summed E-state index contributed by atoms with van der Waals surface area (Å²) in [6, 6.07) is 29.6. The topological polar surface area (TPSA) is 154 Å². The standard InChI is InChI=1S/C36H28Cl2N6O5/c1-21(23-7-15-29(16-8-23)39-33(45)25-3-11-27(37)12-4-25)41-43-35(47)31-19-20-32(49-31)36(48)44-42-22(2)24-9-17-30(18-10-24)40-34(46)26-5-13-28(38)14-6-26/h3-20H,1-2H3,(H,39,45)(H,40,46)(H,43,47)(H,44,48)/b41-21+,42-22+. The van der Waals surface area contributed by atoms with Gasteiger partial charge in [-0.1, -0.05) is 47.5 Å². The molecule has 0 aliphatic heterocycles. The fraction of sp³-hybridized carbons (Fsp3) is 0.0556. The van der Waals surface area contributed by atoms with Crippen LogP contribution in [-0.2, 0) is 0 Å². The van der Waals surface area contributed by atoms with E-state index in [-0.39, 0.29) is 23.3 Å². The SMILES string of the molecule is C/C(=N\NC(=O)c1ccc(C(=O)N/N=C(\C)c2ccc(NC(=O)c3ccc(Cl)cc3)cc2)o1)c1ccc(NC(=O)c2ccc(Cl)cc2)cc1. The van der Waals surface area contributed by atoms with Gasteiger partial charge in [-0.25, -0.2) is 10.9 Å². The first-order valence-corrected chi connectivity index (χ1v) is 15.4. The molecule has 0 saturated heterocycles. The summed E-state index contributed by atoms with van der Waals surface area (Å²) in [5.41, 5.74) is 9.31. The van der Waals surface area contributed by atoms with E-state index in [1.807, 2.05) is 0 Å². The Morgan fingerprint density at radius 1 is 0.469 bits per heavy atom. The van der Waals surface area contributed by atoms with Crippen LogP contribution in [0.3, 0.4) is 0 Å². The van der Waals surface area contributed by atoms with Gasteiger partial charge in [-0.05, 0) is 110 Å². The normalized spacial score (nSPS) is 11.4. The van der Waals surface area contributed by atoms with Crippen LogP contribution in [0.2, 0.25) is 10.0 Å². The second-order valence-corrected chi connectivity index (χ2v) is 11.4. The zero-order valence-corrected chi connectivity index (χ0v) is 27.6. The van der Waals surface area contributed by atoms with Crippen molar-refractivity contribution in [3.63, 3.8) is 0 Å². The zero-order chi connectivity index (χ0) is 34.9. The van der Waals surface area contributed by atoms with Gasteiger partial charge in [0.1, 0.15) is 0 Å². The smallest absolute Gasteiger partial charge is 0.307 e. The van der Waals surface area contributed by atoms with E-state index in [4.69, 9.17) is 27.6 Å². The lowest BCUT2D eigenvalue weighted by Gasteiger charge is -2.07. The Hall–Kier alpha value is -6.04. The van der Waals surface area contributed by atoms with Gasteiger partial charge in [-0.15, -0.1) is 0 Å². The van der Waals surface area contributed by atoms with Crippen LogP contribution in [0.4, 0.5) is 11.4 Å². The number of hydrogen-bond acceptors (Lipinski definition) is 7. The number of furan rings is 1. The molecule has 0 unspecified atom stereocenters. The Morgan fingerprint density at radius 2 is 0.796 bits per heavy atom. The maximum Gasteiger partial charge on any atom is 0.307 e. The van der Waals surface area contributed by atoms with Gasteiger partial charge in [0, 0.05) is 32.5 Å². The molecular formula is C36H28Cl2N6O5. The molecule has 0 bridgehead atoms. The zero-order valence-electron chi connectivity index (χ0n) is 26.1. The van der Waals surface area contributed by atoms with Crippen LogP contribution in [0.15, 0.2) is 124 Å². The fourth-order valence-corrected chi connectivity index (χ4v) is 4.54. The minimum absolute atomic E-state index is 0.126. The van der Waals surface area contributed by atoms with Gasteiger partial charge in [0.2, 0.25) is 0 Å². The maximum absolute atomic E-state index is 12.6. The number of halogens is 2. The number of hydrazone groups is 2. The molecule has 1 heterocycles. The summed E-state index contributed by atoms with van der Waals surface area (Å²) in [5, 5.41) is 14.9. The summed E-state index contributed by atoms with van der Waals surface area (Å²) in [5.74, 6) is -2.13. The molecule has 0 saturated carbocycles. The van der Waals surface area contributed by atoms with Crippen molar-refractivity contribution in [1.29, 1.82) is 0 Å². The van der Waals surface area contributed by atoms with Gasteiger partial charge < -0.3 is 15.1 Å². The molecule has 0 fully saturated rings. The second-order valence-electron chi connectivity index (χ2n) is 10.5. The van der Waals surface area contributed by atoms with E-state index in [9.17, 15) is 19.2 Å². The monoisotopic (exact) mass is 694 g/mol. The number of benzene rings is 4. The Bertz CT molecular complexity index is 1910. The van der Waals surface area contributed by atoms with Crippen molar-refractivity contribution < 1.29 is 23.6 Å². The van der Waals surface area contributed by atoms with Crippen LogP contribution < -0.4 is 21.5 Å². The lowest BCUT2D eigenvalue weighted by molar-refractivity contribution is 0.0900. The molecule has 0 aliphatic carbocycles. The minimum Gasteiger partial charge on any atom is -0.446 e. The van der Waals surface area contributed by atoms with Crippen molar-refractivity contribution in [2.45, 2.75) is 13.8 Å². The summed E-state index contributed by atoms with van der Waals surface area (Å²) in [6.45, 7) is 3.40. The molecule has 0 aliphatic rings. The van der Waals surface area contributed by atoms with Gasteiger partial charge in [-0.3, -0.25) is 19.2 Å². The van der Waals surface area contributed by atoms with E-state index in [0.29, 0.717) is 55.1 Å². The van der Waals surface area contributed by atoms with E-state index in [1.54, 1.807) is 111 Å². The van der Waals surface area contributed by atoms with Crippen LogP contribution in [0.1, 0.15) is 66.8 Å². The highest BCUT2D eigenvalue weighted by atomic mass is 35.5. The van der Waals surface area contributed by atoms with Crippen molar-refractivity contribution in [3.8, 4) is 0 Å². The summed E-state index contributed by atoms with van der Waals surface area (Å²) >= 11 is 11.8. The molecule has 246 valence electrons. The van der Waals surface area contributed by atoms with Crippen LogP contribution in [0.5, 0.6) is 0 Å². The molecule has 0 atom stereocenters. The Kier molecular flexibility index (Phi) is 11.0. The third kappa shape index (κ3) is 9.28.